The first-order chi connectivity index (χ1) is 12.7. The molecule has 0 aliphatic rings. The average Bonchev–Trinajstić information content (AvgIpc) is 3.28. The fourth-order valence-electron chi connectivity index (χ4n) is 2.38. The highest BCUT2D eigenvalue weighted by Gasteiger charge is 2.15. The molecule has 3 heterocycles. The van der Waals surface area contributed by atoms with Gasteiger partial charge in [-0.15, -0.1) is 10.2 Å². The smallest absolute Gasteiger partial charge is 0.293 e. The highest BCUT2D eigenvalue weighted by atomic mass is 79.9. The van der Waals surface area contributed by atoms with Crippen LogP contribution in [0.1, 0.15) is 16.3 Å². The maximum atomic E-state index is 12.4. The molecule has 0 spiro atoms. The number of rotatable bonds is 5. The number of carbonyl (C=O) groups is 1. The van der Waals surface area contributed by atoms with E-state index in [1.807, 2.05) is 36.4 Å². The highest BCUT2D eigenvalue weighted by molar-refractivity contribution is 9.10. The highest BCUT2D eigenvalue weighted by Crippen LogP contribution is 2.20. The number of carbonyl (C=O) groups excluding carboxylic acids is 1. The van der Waals surface area contributed by atoms with Crippen molar-refractivity contribution in [1.82, 2.24) is 14.6 Å². The second kappa shape index (κ2) is 7.01. The van der Waals surface area contributed by atoms with E-state index < -0.39 is 5.91 Å². The summed E-state index contributed by atoms with van der Waals surface area (Å²) in [6.07, 6.45) is 1.77. The van der Waals surface area contributed by atoms with Crippen LogP contribution in [-0.4, -0.2) is 20.5 Å². The van der Waals surface area contributed by atoms with Crippen molar-refractivity contribution < 1.29 is 13.9 Å². The Morgan fingerprint density at radius 1 is 1.15 bits per heavy atom. The molecule has 0 aliphatic heterocycles. The van der Waals surface area contributed by atoms with E-state index in [1.54, 1.807) is 28.8 Å². The summed E-state index contributed by atoms with van der Waals surface area (Å²) in [5, 5.41) is 10.6. The zero-order valence-corrected chi connectivity index (χ0v) is 15.0. The van der Waals surface area contributed by atoms with Gasteiger partial charge in [0.1, 0.15) is 18.1 Å². The number of ether oxygens (including phenoxy) is 1. The number of hydrogen-bond acceptors (Lipinski definition) is 5. The molecular weight excluding hydrogens is 400 g/mol. The van der Waals surface area contributed by atoms with Gasteiger partial charge < -0.3 is 9.15 Å². The van der Waals surface area contributed by atoms with Gasteiger partial charge in [0, 0.05) is 10.7 Å². The van der Waals surface area contributed by atoms with Gasteiger partial charge >= 0.3 is 0 Å². The maximum absolute atomic E-state index is 12.4. The fraction of sp³-hybridized carbons (Fsp3) is 0.0556. The molecule has 0 radical (unpaired) electrons. The van der Waals surface area contributed by atoms with Crippen LogP contribution in [0.3, 0.4) is 0 Å². The summed E-state index contributed by atoms with van der Waals surface area (Å²) in [6.45, 7) is 0.220. The molecule has 0 saturated carbocycles. The van der Waals surface area contributed by atoms with Crippen LogP contribution in [-0.2, 0) is 6.61 Å². The van der Waals surface area contributed by atoms with E-state index >= 15 is 0 Å². The molecule has 4 rings (SSSR count). The van der Waals surface area contributed by atoms with Crippen molar-refractivity contribution in [3.63, 3.8) is 0 Å². The molecule has 3 aromatic heterocycles. The van der Waals surface area contributed by atoms with Crippen LogP contribution in [0.5, 0.6) is 5.75 Å². The van der Waals surface area contributed by atoms with Gasteiger partial charge in [-0.05, 0) is 42.5 Å². The van der Waals surface area contributed by atoms with Crippen molar-refractivity contribution in [2.45, 2.75) is 6.61 Å². The lowest BCUT2D eigenvalue weighted by Gasteiger charge is -2.04. The van der Waals surface area contributed by atoms with E-state index in [2.05, 4.69) is 31.4 Å². The minimum absolute atomic E-state index is 0.172. The number of nitrogens with zero attached hydrogens (tertiary/aromatic N) is 3. The number of fused-ring (bicyclic) bond motifs is 1. The Hall–Kier alpha value is -3.13. The van der Waals surface area contributed by atoms with Gasteiger partial charge in [0.15, 0.2) is 11.4 Å². The molecule has 0 unspecified atom stereocenters. The van der Waals surface area contributed by atoms with Crippen LogP contribution >= 0.6 is 15.9 Å². The van der Waals surface area contributed by atoms with Gasteiger partial charge in [-0.2, -0.15) is 0 Å². The SMILES string of the molecule is O=C(Nc1nnc2ccccn12)c1ccc(COc2cccc(Br)c2)o1. The molecule has 0 aliphatic carbocycles. The molecule has 130 valence electrons. The second-order valence-corrected chi connectivity index (χ2v) is 6.33. The first-order valence-corrected chi connectivity index (χ1v) is 8.56. The monoisotopic (exact) mass is 412 g/mol. The number of nitrogens with one attached hydrogen (secondary N) is 1. The number of amides is 1. The van der Waals surface area contributed by atoms with E-state index in [1.165, 1.54) is 0 Å². The molecule has 1 N–H and O–H groups in total. The Balaban J connectivity index is 1.43. The number of aromatic nitrogens is 3. The van der Waals surface area contributed by atoms with E-state index in [0.29, 0.717) is 23.1 Å². The minimum Gasteiger partial charge on any atom is -0.486 e. The summed E-state index contributed by atoms with van der Waals surface area (Å²) < 4.78 is 13.8. The summed E-state index contributed by atoms with van der Waals surface area (Å²) in [4.78, 5) is 12.4. The molecule has 8 heteroatoms. The van der Waals surface area contributed by atoms with Crippen molar-refractivity contribution in [3.05, 3.63) is 76.8 Å². The molecular formula is C18H13BrN4O3. The summed E-state index contributed by atoms with van der Waals surface area (Å²) in [5.41, 5.74) is 0.644. The third-order valence-corrected chi connectivity index (χ3v) is 4.09. The molecule has 0 atom stereocenters. The van der Waals surface area contributed by atoms with Crippen molar-refractivity contribution in [3.8, 4) is 5.75 Å². The van der Waals surface area contributed by atoms with Crippen LogP contribution in [0.25, 0.3) is 5.65 Å². The van der Waals surface area contributed by atoms with Crippen molar-refractivity contribution in [2.24, 2.45) is 0 Å². The fourth-order valence-corrected chi connectivity index (χ4v) is 2.76. The van der Waals surface area contributed by atoms with Gasteiger partial charge in [-0.1, -0.05) is 28.1 Å². The zero-order chi connectivity index (χ0) is 17.9. The number of hydrogen-bond donors (Lipinski definition) is 1. The van der Waals surface area contributed by atoms with Crippen LogP contribution in [0.4, 0.5) is 5.95 Å². The molecule has 7 nitrogen and oxygen atoms in total. The van der Waals surface area contributed by atoms with Crippen molar-refractivity contribution in [1.29, 1.82) is 0 Å². The zero-order valence-electron chi connectivity index (χ0n) is 13.4. The van der Waals surface area contributed by atoms with Gasteiger partial charge in [-0.25, -0.2) is 0 Å². The standard InChI is InChI=1S/C18H13BrN4O3/c19-12-4-3-5-13(10-12)25-11-14-7-8-15(26-14)17(24)20-18-22-21-16-6-1-2-9-23(16)18/h1-10H,11H2,(H,20,22,24). The molecule has 1 amide bonds. The second-order valence-electron chi connectivity index (χ2n) is 5.42. The van der Waals surface area contributed by atoms with Gasteiger partial charge in [0.05, 0.1) is 0 Å². The van der Waals surface area contributed by atoms with E-state index in [0.717, 1.165) is 4.47 Å². The number of benzene rings is 1. The lowest BCUT2D eigenvalue weighted by Crippen LogP contribution is -2.13. The van der Waals surface area contributed by atoms with Crippen LogP contribution in [0.15, 0.2) is 69.7 Å². The molecule has 26 heavy (non-hydrogen) atoms. The lowest BCUT2D eigenvalue weighted by molar-refractivity contribution is 0.0991. The molecule has 0 saturated heterocycles. The minimum atomic E-state index is -0.406. The topological polar surface area (TPSA) is 81.7 Å². The Morgan fingerprint density at radius 3 is 2.96 bits per heavy atom. The summed E-state index contributed by atoms with van der Waals surface area (Å²) in [7, 11) is 0. The van der Waals surface area contributed by atoms with Gasteiger partial charge in [0.2, 0.25) is 5.95 Å². The number of furan rings is 1. The van der Waals surface area contributed by atoms with Crippen LogP contribution in [0.2, 0.25) is 0 Å². The Kier molecular flexibility index (Phi) is 4.40. The molecule has 0 bridgehead atoms. The number of anilines is 1. The van der Waals surface area contributed by atoms with Gasteiger partial charge in [0.25, 0.3) is 5.91 Å². The van der Waals surface area contributed by atoms with E-state index in [4.69, 9.17) is 9.15 Å². The first kappa shape index (κ1) is 16.3. The average molecular weight is 413 g/mol. The predicted molar refractivity (Wildman–Crippen MR) is 98.1 cm³/mol. The Morgan fingerprint density at radius 2 is 2.08 bits per heavy atom. The predicted octanol–water partition coefficient (Wildman–Crippen LogP) is 3.92. The maximum Gasteiger partial charge on any atom is 0.293 e. The normalized spacial score (nSPS) is 10.8. The van der Waals surface area contributed by atoms with Crippen molar-refractivity contribution >= 4 is 33.4 Å². The van der Waals surface area contributed by atoms with E-state index in [-0.39, 0.29) is 12.4 Å². The quantitative estimate of drug-likeness (QED) is 0.537. The third kappa shape index (κ3) is 3.45. The molecule has 0 fully saturated rings. The third-order valence-electron chi connectivity index (χ3n) is 3.60. The molecule has 1 aromatic carbocycles. The Bertz CT molecular complexity index is 1070. The lowest BCUT2D eigenvalue weighted by atomic mass is 10.3. The molecule has 4 aromatic rings. The van der Waals surface area contributed by atoms with E-state index in [9.17, 15) is 4.79 Å². The summed E-state index contributed by atoms with van der Waals surface area (Å²) >= 11 is 3.39. The summed E-state index contributed by atoms with van der Waals surface area (Å²) in [5.74, 6) is 1.34. The largest absolute Gasteiger partial charge is 0.486 e. The Labute approximate surface area is 156 Å². The van der Waals surface area contributed by atoms with Gasteiger partial charge in [-0.3, -0.25) is 14.5 Å². The van der Waals surface area contributed by atoms with Crippen LogP contribution in [0, 0.1) is 0 Å². The number of halogens is 1. The summed E-state index contributed by atoms with van der Waals surface area (Å²) in [6, 6.07) is 16.3. The van der Waals surface area contributed by atoms with Crippen LogP contribution < -0.4 is 10.1 Å². The first-order valence-electron chi connectivity index (χ1n) is 7.77. The van der Waals surface area contributed by atoms with Crippen molar-refractivity contribution in [2.75, 3.05) is 5.32 Å². The number of pyridine rings is 1.